The molecule has 0 saturated carbocycles. The van der Waals surface area contributed by atoms with E-state index in [1.165, 1.54) is 18.5 Å². The maximum atomic E-state index is 12.3. The van der Waals surface area contributed by atoms with Crippen LogP contribution in [0.4, 0.5) is 4.79 Å². The van der Waals surface area contributed by atoms with Gasteiger partial charge in [0.15, 0.2) is 0 Å². The lowest BCUT2D eigenvalue weighted by atomic mass is 10.1. The van der Waals surface area contributed by atoms with Crippen LogP contribution in [0.15, 0.2) is 48.9 Å². The normalized spacial score (nSPS) is 12.4. The fraction of sp³-hybridized carbons (Fsp3) is 0.318. The molecular weight excluding hydrogens is 386 g/mol. The summed E-state index contributed by atoms with van der Waals surface area (Å²) in [6.45, 7) is 5.49. The van der Waals surface area contributed by atoms with Crippen LogP contribution in [0.25, 0.3) is 10.9 Å². The smallest absolute Gasteiger partial charge is 0.408 e. The van der Waals surface area contributed by atoms with Crippen LogP contribution in [0.5, 0.6) is 5.75 Å². The van der Waals surface area contributed by atoms with Crippen LogP contribution in [-0.2, 0) is 11.2 Å². The van der Waals surface area contributed by atoms with Gasteiger partial charge in [-0.2, -0.15) is 0 Å². The molecule has 3 aromatic rings. The van der Waals surface area contributed by atoms with E-state index in [-0.39, 0.29) is 12.2 Å². The first-order valence-electron chi connectivity index (χ1n) is 9.57. The van der Waals surface area contributed by atoms with Crippen LogP contribution < -0.4 is 10.1 Å². The number of benzene rings is 1. The Kier molecular flexibility index (Phi) is 6.25. The molecule has 3 N–H and O–H groups in total. The summed E-state index contributed by atoms with van der Waals surface area (Å²) >= 11 is 0. The molecule has 158 valence electrons. The summed E-state index contributed by atoms with van der Waals surface area (Å²) in [4.78, 5) is 30.6. The third-order valence-electron chi connectivity index (χ3n) is 4.27. The number of amides is 1. The van der Waals surface area contributed by atoms with Crippen LogP contribution in [0.1, 0.15) is 36.7 Å². The van der Waals surface area contributed by atoms with Crippen LogP contribution >= 0.6 is 0 Å². The molecule has 0 bridgehead atoms. The van der Waals surface area contributed by atoms with Crippen molar-refractivity contribution in [3.63, 3.8) is 0 Å². The van der Waals surface area contributed by atoms with Crippen molar-refractivity contribution in [2.75, 3.05) is 6.61 Å². The van der Waals surface area contributed by atoms with Gasteiger partial charge in [-0.15, -0.1) is 0 Å². The first-order chi connectivity index (χ1) is 14.2. The SMILES string of the molecule is CC(C)(C)OC(=O)N[C@H](COc1cncc(C(=O)O)c1)Cc1c[nH]c2ccccc12. The summed E-state index contributed by atoms with van der Waals surface area (Å²) in [5.74, 6) is -0.778. The highest BCUT2D eigenvalue weighted by atomic mass is 16.6. The summed E-state index contributed by atoms with van der Waals surface area (Å²) in [5.41, 5.74) is 1.42. The lowest BCUT2D eigenvalue weighted by molar-refractivity contribution is 0.0487. The second kappa shape index (κ2) is 8.86. The molecule has 1 atom stereocenters. The van der Waals surface area contributed by atoms with Crippen molar-refractivity contribution >= 4 is 23.0 Å². The number of H-pyrrole nitrogens is 1. The van der Waals surface area contributed by atoms with Crippen molar-refractivity contribution in [2.24, 2.45) is 0 Å². The molecule has 0 saturated heterocycles. The van der Waals surface area contributed by atoms with Gasteiger partial charge in [0.2, 0.25) is 0 Å². The van der Waals surface area contributed by atoms with Crippen LogP contribution in [0.2, 0.25) is 0 Å². The third-order valence-corrected chi connectivity index (χ3v) is 4.27. The van der Waals surface area contributed by atoms with Gasteiger partial charge in [0.25, 0.3) is 0 Å². The minimum absolute atomic E-state index is 0.0285. The van der Waals surface area contributed by atoms with Gasteiger partial charge in [0.1, 0.15) is 18.0 Å². The van der Waals surface area contributed by atoms with Gasteiger partial charge in [-0.1, -0.05) is 18.2 Å². The zero-order valence-electron chi connectivity index (χ0n) is 17.1. The molecule has 30 heavy (non-hydrogen) atoms. The number of aromatic amines is 1. The Morgan fingerprint density at radius 1 is 1.23 bits per heavy atom. The van der Waals surface area contributed by atoms with E-state index in [0.717, 1.165) is 16.5 Å². The van der Waals surface area contributed by atoms with Gasteiger partial charge in [-0.05, 0) is 44.9 Å². The van der Waals surface area contributed by atoms with Crippen molar-refractivity contribution in [1.29, 1.82) is 0 Å². The Morgan fingerprint density at radius 3 is 2.73 bits per heavy atom. The average molecular weight is 411 g/mol. The Morgan fingerprint density at radius 2 is 2.00 bits per heavy atom. The third kappa shape index (κ3) is 5.73. The molecule has 0 fully saturated rings. The average Bonchev–Trinajstić information content (AvgIpc) is 3.08. The van der Waals surface area contributed by atoms with Gasteiger partial charge in [-0.25, -0.2) is 9.59 Å². The second-order valence-electron chi connectivity index (χ2n) is 7.93. The molecule has 8 heteroatoms. The van der Waals surface area contributed by atoms with Crippen molar-refractivity contribution in [2.45, 2.75) is 38.8 Å². The van der Waals surface area contributed by atoms with Crippen molar-refractivity contribution in [3.8, 4) is 5.75 Å². The number of nitrogens with one attached hydrogen (secondary N) is 2. The molecule has 0 radical (unpaired) electrons. The molecule has 1 aromatic carbocycles. The second-order valence-corrected chi connectivity index (χ2v) is 7.93. The number of pyridine rings is 1. The lowest BCUT2D eigenvalue weighted by Crippen LogP contribution is -2.43. The highest BCUT2D eigenvalue weighted by Crippen LogP contribution is 2.20. The number of carboxylic acid groups (broad SMARTS) is 1. The molecule has 8 nitrogen and oxygen atoms in total. The molecule has 0 aliphatic heterocycles. The lowest BCUT2D eigenvalue weighted by Gasteiger charge is -2.24. The van der Waals surface area contributed by atoms with Gasteiger partial charge in [-0.3, -0.25) is 4.98 Å². The van der Waals surface area contributed by atoms with Crippen LogP contribution in [0.3, 0.4) is 0 Å². The van der Waals surface area contributed by atoms with Crippen LogP contribution in [-0.4, -0.2) is 45.4 Å². The highest BCUT2D eigenvalue weighted by molar-refractivity contribution is 5.87. The van der Waals surface area contributed by atoms with E-state index >= 15 is 0 Å². The first kappa shape index (κ1) is 21.2. The zero-order valence-corrected chi connectivity index (χ0v) is 17.1. The fourth-order valence-electron chi connectivity index (χ4n) is 3.00. The molecule has 2 heterocycles. The number of carbonyl (C=O) groups is 2. The van der Waals surface area contributed by atoms with Crippen LogP contribution in [0, 0.1) is 0 Å². The van der Waals surface area contributed by atoms with E-state index in [9.17, 15) is 9.59 Å². The maximum absolute atomic E-state index is 12.3. The largest absolute Gasteiger partial charge is 0.490 e. The molecule has 0 spiro atoms. The van der Waals surface area contributed by atoms with Crippen molar-refractivity contribution in [3.05, 3.63) is 60.0 Å². The fourth-order valence-corrected chi connectivity index (χ4v) is 3.00. The molecule has 0 unspecified atom stereocenters. The molecule has 1 amide bonds. The van der Waals surface area contributed by atoms with Gasteiger partial charge in [0.05, 0.1) is 17.8 Å². The monoisotopic (exact) mass is 411 g/mol. The number of carboxylic acids is 1. The summed E-state index contributed by atoms with van der Waals surface area (Å²) in [6.07, 6.45) is 4.53. The van der Waals surface area contributed by atoms with E-state index in [4.69, 9.17) is 14.6 Å². The van der Waals surface area contributed by atoms with E-state index in [2.05, 4.69) is 15.3 Å². The standard InChI is InChI=1S/C22H25N3O5/c1-22(2,3)30-21(28)25-16(8-14-11-24-19-7-5-4-6-18(14)19)13-29-17-9-15(20(26)27)10-23-12-17/h4-7,9-12,16,24H,8,13H2,1-3H3,(H,25,28)(H,26,27)/t16-/m0/s1. The van der Waals surface area contributed by atoms with Crippen molar-refractivity contribution < 1.29 is 24.2 Å². The summed E-state index contributed by atoms with van der Waals surface area (Å²) < 4.78 is 11.1. The number of para-hydroxylation sites is 1. The van der Waals surface area contributed by atoms with Crippen molar-refractivity contribution in [1.82, 2.24) is 15.3 Å². The van der Waals surface area contributed by atoms with E-state index in [1.807, 2.05) is 30.5 Å². The maximum Gasteiger partial charge on any atom is 0.408 e. The first-order valence-corrected chi connectivity index (χ1v) is 9.57. The Balaban J connectivity index is 1.75. The number of ether oxygens (including phenoxy) is 2. The molecular formula is C22H25N3O5. The highest BCUT2D eigenvalue weighted by Gasteiger charge is 2.21. The predicted octanol–water partition coefficient (Wildman–Crippen LogP) is 3.78. The summed E-state index contributed by atoms with van der Waals surface area (Å²) in [5, 5.41) is 13.0. The Bertz CT molecular complexity index is 1040. The predicted molar refractivity (Wildman–Crippen MR) is 112 cm³/mol. The minimum atomic E-state index is -1.09. The van der Waals surface area contributed by atoms with Gasteiger partial charge in [0, 0.05) is 23.3 Å². The topological polar surface area (TPSA) is 114 Å². The number of aromatic nitrogens is 2. The Hall–Kier alpha value is -3.55. The van der Waals surface area contributed by atoms with E-state index < -0.39 is 23.7 Å². The number of hydrogen-bond donors (Lipinski definition) is 3. The van der Waals surface area contributed by atoms with Gasteiger partial charge < -0.3 is 24.9 Å². The molecule has 3 rings (SSSR count). The summed E-state index contributed by atoms with van der Waals surface area (Å²) in [6, 6.07) is 8.88. The molecule has 0 aliphatic rings. The zero-order chi connectivity index (χ0) is 21.7. The number of rotatable bonds is 7. The van der Waals surface area contributed by atoms with E-state index in [0.29, 0.717) is 12.2 Å². The number of alkyl carbamates (subject to hydrolysis) is 1. The molecule has 0 aliphatic carbocycles. The number of nitrogens with zero attached hydrogens (tertiary/aromatic N) is 1. The number of carbonyl (C=O) groups excluding carboxylic acids is 1. The minimum Gasteiger partial charge on any atom is -0.490 e. The molecule has 2 aromatic heterocycles. The van der Waals surface area contributed by atoms with Gasteiger partial charge >= 0.3 is 12.1 Å². The quantitative estimate of drug-likeness (QED) is 0.545. The Labute approximate surface area is 174 Å². The van der Waals surface area contributed by atoms with E-state index in [1.54, 1.807) is 20.8 Å². The number of aromatic carboxylic acids is 1. The number of hydrogen-bond acceptors (Lipinski definition) is 5. The number of fused-ring (bicyclic) bond motifs is 1. The summed E-state index contributed by atoms with van der Waals surface area (Å²) in [7, 11) is 0.